The second kappa shape index (κ2) is 7.60. The minimum atomic E-state index is -0.689. The van der Waals surface area contributed by atoms with Crippen molar-refractivity contribution in [2.45, 2.75) is 13.5 Å². The second-order valence-corrected chi connectivity index (χ2v) is 5.64. The Labute approximate surface area is 150 Å². The minimum Gasteiger partial charge on any atom is -0.497 e. The average molecular weight is 353 g/mol. The number of anilines is 1. The maximum Gasteiger partial charge on any atom is 0.412 e. The monoisotopic (exact) mass is 353 g/mol. The maximum absolute atomic E-state index is 12.6. The summed E-state index contributed by atoms with van der Waals surface area (Å²) < 4.78 is 11.7. The minimum absolute atomic E-state index is 0.125. The molecule has 0 aliphatic carbocycles. The predicted octanol–water partition coefficient (Wildman–Crippen LogP) is 3.23. The van der Waals surface area contributed by atoms with Crippen LogP contribution in [0.4, 0.5) is 10.5 Å². The lowest BCUT2D eigenvalue weighted by molar-refractivity contribution is 0.155. The zero-order valence-corrected chi connectivity index (χ0v) is 14.5. The number of nitrogens with one attached hydrogen (secondary N) is 2. The van der Waals surface area contributed by atoms with Gasteiger partial charge in [-0.25, -0.2) is 9.48 Å². The number of rotatable bonds is 5. The molecule has 7 heteroatoms. The Hall–Kier alpha value is -3.48. The highest BCUT2D eigenvalue weighted by Gasteiger charge is 2.16. The summed E-state index contributed by atoms with van der Waals surface area (Å²) >= 11 is 0. The number of carbonyl (C=O) groups excluding carboxylic acids is 1. The van der Waals surface area contributed by atoms with Gasteiger partial charge in [0.15, 0.2) is 0 Å². The van der Waals surface area contributed by atoms with E-state index in [0.717, 1.165) is 5.56 Å². The van der Waals surface area contributed by atoms with Crippen LogP contribution in [0.2, 0.25) is 0 Å². The molecule has 0 spiro atoms. The van der Waals surface area contributed by atoms with E-state index in [9.17, 15) is 9.59 Å². The fraction of sp³-hybridized carbons (Fsp3) is 0.158. The number of ether oxygens (including phenoxy) is 2. The van der Waals surface area contributed by atoms with E-state index >= 15 is 0 Å². The maximum atomic E-state index is 12.6. The lowest BCUT2D eigenvalue weighted by Gasteiger charge is -2.05. The van der Waals surface area contributed by atoms with Crippen LogP contribution in [0.1, 0.15) is 11.3 Å². The molecular weight excluding hydrogens is 334 g/mol. The molecule has 1 amide bonds. The van der Waals surface area contributed by atoms with Crippen LogP contribution in [0, 0.1) is 6.92 Å². The van der Waals surface area contributed by atoms with E-state index in [2.05, 4.69) is 10.4 Å². The molecule has 0 bridgehead atoms. The molecule has 0 unspecified atom stereocenters. The Balaban J connectivity index is 1.75. The number of carbonyl (C=O) groups is 1. The molecule has 0 aliphatic heterocycles. The third-order valence-electron chi connectivity index (χ3n) is 3.82. The first-order chi connectivity index (χ1) is 12.6. The molecule has 1 heterocycles. The van der Waals surface area contributed by atoms with Gasteiger partial charge in [0.2, 0.25) is 0 Å². The van der Waals surface area contributed by atoms with Gasteiger partial charge in [0.05, 0.1) is 18.5 Å². The van der Waals surface area contributed by atoms with Gasteiger partial charge in [-0.1, -0.05) is 36.4 Å². The van der Waals surface area contributed by atoms with Gasteiger partial charge in [0.25, 0.3) is 5.56 Å². The van der Waals surface area contributed by atoms with Crippen LogP contribution < -0.4 is 15.6 Å². The smallest absolute Gasteiger partial charge is 0.412 e. The number of nitrogens with zero attached hydrogens (tertiary/aromatic N) is 1. The van der Waals surface area contributed by atoms with Crippen molar-refractivity contribution in [1.29, 1.82) is 0 Å². The van der Waals surface area contributed by atoms with Gasteiger partial charge in [-0.3, -0.25) is 15.2 Å². The van der Waals surface area contributed by atoms with Crippen molar-refractivity contribution < 1.29 is 14.3 Å². The van der Waals surface area contributed by atoms with Crippen molar-refractivity contribution in [2.75, 3.05) is 12.4 Å². The Kier molecular flexibility index (Phi) is 5.07. The molecule has 0 atom stereocenters. The third kappa shape index (κ3) is 3.77. The van der Waals surface area contributed by atoms with Gasteiger partial charge in [-0.05, 0) is 24.6 Å². The topological polar surface area (TPSA) is 85.3 Å². The van der Waals surface area contributed by atoms with E-state index in [1.807, 2.05) is 30.3 Å². The molecular formula is C19H19N3O4. The van der Waals surface area contributed by atoms with Crippen molar-refractivity contribution in [3.63, 3.8) is 0 Å². The van der Waals surface area contributed by atoms with Crippen molar-refractivity contribution in [3.8, 4) is 11.4 Å². The molecule has 2 aromatic carbocycles. The summed E-state index contributed by atoms with van der Waals surface area (Å²) in [5, 5.41) is 5.45. The van der Waals surface area contributed by atoms with Crippen LogP contribution in [-0.4, -0.2) is 23.0 Å². The van der Waals surface area contributed by atoms with Gasteiger partial charge < -0.3 is 9.47 Å². The van der Waals surface area contributed by atoms with E-state index < -0.39 is 6.09 Å². The summed E-state index contributed by atoms with van der Waals surface area (Å²) in [6.07, 6.45) is -0.689. The SMILES string of the molecule is COc1cccc(-n2[nH]c(C)c(NC(=O)OCc3ccccc3)c2=O)c1. The predicted molar refractivity (Wildman–Crippen MR) is 97.9 cm³/mol. The third-order valence-corrected chi connectivity index (χ3v) is 3.82. The number of H-pyrrole nitrogens is 1. The van der Waals surface area contributed by atoms with Crippen LogP contribution in [0.5, 0.6) is 5.75 Å². The number of hydrogen-bond donors (Lipinski definition) is 2. The number of aromatic nitrogens is 2. The molecule has 2 N–H and O–H groups in total. The lowest BCUT2D eigenvalue weighted by Crippen LogP contribution is -2.21. The first-order valence-electron chi connectivity index (χ1n) is 8.02. The molecule has 134 valence electrons. The zero-order valence-electron chi connectivity index (χ0n) is 14.5. The number of aryl methyl sites for hydroxylation is 1. The normalized spacial score (nSPS) is 10.4. The second-order valence-electron chi connectivity index (χ2n) is 5.64. The first-order valence-corrected chi connectivity index (χ1v) is 8.02. The number of amides is 1. The standard InChI is InChI=1S/C19H19N3O4/c1-13-17(20-19(24)26-12-14-7-4-3-5-8-14)18(23)22(21-13)15-9-6-10-16(11-15)25-2/h3-11,21H,12H2,1-2H3,(H,20,24). The van der Waals surface area contributed by atoms with Crippen LogP contribution in [0.15, 0.2) is 59.4 Å². The fourth-order valence-electron chi connectivity index (χ4n) is 2.49. The van der Waals surface area contributed by atoms with E-state index in [4.69, 9.17) is 9.47 Å². The Morgan fingerprint density at radius 2 is 1.92 bits per heavy atom. The average Bonchev–Trinajstić information content (AvgIpc) is 2.95. The zero-order chi connectivity index (χ0) is 18.5. The molecule has 0 aliphatic rings. The lowest BCUT2D eigenvalue weighted by atomic mass is 10.2. The van der Waals surface area contributed by atoms with E-state index in [-0.39, 0.29) is 17.9 Å². The Morgan fingerprint density at radius 3 is 2.65 bits per heavy atom. The van der Waals surface area contributed by atoms with Gasteiger partial charge >= 0.3 is 6.09 Å². The van der Waals surface area contributed by atoms with E-state index in [1.54, 1.807) is 38.3 Å². The highest BCUT2D eigenvalue weighted by molar-refractivity contribution is 5.85. The molecule has 3 aromatic rings. The largest absolute Gasteiger partial charge is 0.497 e. The fourth-order valence-corrected chi connectivity index (χ4v) is 2.49. The molecule has 3 rings (SSSR count). The van der Waals surface area contributed by atoms with Crippen LogP contribution >= 0.6 is 0 Å². The highest BCUT2D eigenvalue weighted by Crippen LogP contribution is 2.17. The molecule has 26 heavy (non-hydrogen) atoms. The highest BCUT2D eigenvalue weighted by atomic mass is 16.5. The van der Waals surface area contributed by atoms with Crippen molar-refractivity contribution >= 4 is 11.8 Å². The summed E-state index contributed by atoms with van der Waals surface area (Å²) in [5.41, 5.74) is 1.75. The quantitative estimate of drug-likeness (QED) is 0.737. The Morgan fingerprint density at radius 1 is 1.15 bits per heavy atom. The number of aromatic amines is 1. The number of benzene rings is 2. The summed E-state index contributed by atoms with van der Waals surface area (Å²) in [4.78, 5) is 24.6. The van der Waals surface area contributed by atoms with Crippen molar-refractivity contribution in [1.82, 2.24) is 9.78 Å². The summed E-state index contributed by atoms with van der Waals surface area (Å²) in [7, 11) is 1.55. The molecule has 0 fully saturated rings. The molecule has 1 aromatic heterocycles. The summed E-state index contributed by atoms with van der Waals surface area (Å²) in [6.45, 7) is 1.82. The van der Waals surface area contributed by atoms with Crippen LogP contribution in [0.25, 0.3) is 5.69 Å². The molecule has 7 nitrogen and oxygen atoms in total. The molecule has 0 radical (unpaired) electrons. The van der Waals surface area contributed by atoms with E-state index in [0.29, 0.717) is 17.1 Å². The number of hydrogen-bond acceptors (Lipinski definition) is 4. The van der Waals surface area contributed by atoms with Gasteiger partial charge in [-0.15, -0.1) is 0 Å². The molecule has 0 saturated heterocycles. The van der Waals surface area contributed by atoms with Gasteiger partial charge in [0, 0.05) is 6.07 Å². The van der Waals surface area contributed by atoms with Crippen molar-refractivity contribution in [3.05, 3.63) is 76.2 Å². The summed E-state index contributed by atoms with van der Waals surface area (Å²) in [6, 6.07) is 16.3. The summed E-state index contributed by atoms with van der Waals surface area (Å²) in [5.74, 6) is 0.624. The first kappa shape index (κ1) is 17.3. The molecule has 0 saturated carbocycles. The van der Waals surface area contributed by atoms with Crippen LogP contribution in [-0.2, 0) is 11.3 Å². The van der Waals surface area contributed by atoms with Gasteiger partial charge in [0.1, 0.15) is 18.0 Å². The number of methoxy groups -OCH3 is 1. The van der Waals surface area contributed by atoms with Gasteiger partial charge in [-0.2, -0.15) is 0 Å². The van der Waals surface area contributed by atoms with Crippen LogP contribution in [0.3, 0.4) is 0 Å². The Bertz CT molecular complexity index is 960. The van der Waals surface area contributed by atoms with Crippen molar-refractivity contribution in [2.24, 2.45) is 0 Å². The van der Waals surface area contributed by atoms with E-state index in [1.165, 1.54) is 4.68 Å².